The maximum absolute atomic E-state index is 10.1. The highest BCUT2D eigenvalue weighted by Gasteiger charge is 2.20. The number of rotatable bonds is 5. The largest absolute Gasteiger partial charge is 0.387 e. The van der Waals surface area contributed by atoms with Crippen LogP contribution in [-0.2, 0) is 0 Å². The molecule has 3 nitrogen and oxygen atoms in total. The first-order valence-corrected chi connectivity index (χ1v) is 8.98. The third kappa shape index (κ3) is 4.02. The van der Waals surface area contributed by atoms with Gasteiger partial charge >= 0.3 is 0 Å². The van der Waals surface area contributed by atoms with Crippen molar-refractivity contribution in [3.05, 3.63) is 51.7 Å². The fourth-order valence-electron chi connectivity index (χ4n) is 2.85. The Labute approximate surface area is 140 Å². The number of benzene rings is 1. The Kier molecular flexibility index (Phi) is 5.37. The lowest BCUT2D eigenvalue weighted by molar-refractivity contribution is 0.167. The van der Waals surface area contributed by atoms with Gasteiger partial charge in [0.05, 0.1) is 6.10 Å². The number of nitrogens with zero attached hydrogens (tertiary/aromatic N) is 1. The van der Waals surface area contributed by atoms with Crippen LogP contribution in [0.3, 0.4) is 0 Å². The lowest BCUT2D eigenvalue weighted by Gasteiger charge is -2.34. The van der Waals surface area contributed by atoms with E-state index in [2.05, 4.69) is 22.3 Å². The molecule has 2 heterocycles. The van der Waals surface area contributed by atoms with Crippen molar-refractivity contribution in [2.24, 2.45) is 0 Å². The SMILES string of the molecule is OC(CNC1CCN(c2ccc(Cl)cc2)CC1)c1ccsc1. The quantitative estimate of drug-likeness (QED) is 0.874. The molecule has 0 bridgehead atoms. The van der Waals surface area contributed by atoms with Gasteiger partial charge in [0.15, 0.2) is 0 Å². The third-order valence-corrected chi connectivity index (χ3v) is 5.17. The fraction of sp³-hybridized carbons (Fsp3) is 0.412. The summed E-state index contributed by atoms with van der Waals surface area (Å²) < 4.78 is 0. The van der Waals surface area contributed by atoms with E-state index in [0.29, 0.717) is 12.6 Å². The lowest BCUT2D eigenvalue weighted by atomic mass is 10.0. The molecule has 2 aromatic rings. The predicted molar refractivity (Wildman–Crippen MR) is 94.0 cm³/mol. The van der Waals surface area contributed by atoms with Crippen molar-refractivity contribution in [2.75, 3.05) is 24.5 Å². The van der Waals surface area contributed by atoms with Gasteiger partial charge in [0.1, 0.15) is 0 Å². The van der Waals surface area contributed by atoms with Gasteiger partial charge in [-0.05, 0) is 59.5 Å². The van der Waals surface area contributed by atoms with Gasteiger partial charge in [-0.3, -0.25) is 0 Å². The van der Waals surface area contributed by atoms with Gasteiger partial charge in [-0.1, -0.05) is 11.6 Å². The zero-order chi connectivity index (χ0) is 15.4. The molecule has 1 fully saturated rings. The van der Waals surface area contributed by atoms with Crippen molar-refractivity contribution in [3.8, 4) is 0 Å². The Balaban J connectivity index is 1.44. The van der Waals surface area contributed by atoms with E-state index in [1.165, 1.54) is 5.69 Å². The van der Waals surface area contributed by atoms with Gasteiger partial charge in [-0.15, -0.1) is 0 Å². The van der Waals surface area contributed by atoms with Crippen LogP contribution in [0.25, 0.3) is 0 Å². The molecule has 0 aliphatic carbocycles. The van der Waals surface area contributed by atoms with E-state index in [1.54, 1.807) is 11.3 Å². The molecule has 3 rings (SSSR count). The zero-order valence-electron chi connectivity index (χ0n) is 12.4. The van der Waals surface area contributed by atoms with Crippen LogP contribution in [0.5, 0.6) is 0 Å². The van der Waals surface area contributed by atoms with Crippen molar-refractivity contribution in [3.63, 3.8) is 0 Å². The minimum atomic E-state index is -0.402. The van der Waals surface area contributed by atoms with Crippen molar-refractivity contribution >= 4 is 28.6 Å². The summed E-state index contributed by atoms with van der Waals surface area (Å²) in [5.74, 6) is 0. The van der Waals surface area contributed by atoms with E-state index in [0.717, 1.165) is 36.5 Å². The number of aliphatic hydroxyl groups is 1. The number of nitrogens with one attached hydrogen (secondary N) is 1. The minimum absolute atomic E-state index is 0.402. The summed E-state index contributed by atoms with van der Waals surface area (Å²) in [5, 5.41) is 18.4. The topological polar surface area (TPSA) is 35.5 Å². The molecule has 5 heteroatoms. The third-order valence-electron chi connectivity index (χ3n) is 4.21. The molecule has 1 aromatic heterocycles. The summed E-state index contributed by atoms with van der Waals surface area (Å²) in [6, 6.07) is 10.5. The van der Waals surface area contributed by atoms with E-state index in [1.807, 2.05) is 29.0 Å². The van der Waals surface area contributed by atoms with E-state index < -0.39 is 6.10 Å². The minimum Gasteiger partial charge on any atom is -0.387 e. The predicted octanol–water partition coefficient (Wildman–Crippen LogP) is 3.69. The number of hydrogen-bond acceptors (Lipinski definition) is 4. The summed E-state index contributed by atoms with van der Waals surface area (Å²) in [6.07, 6.45) is 1.79. The molecule has 1 saturated heterocycles. The Morgan fingerprint density at radius 1 is 1.23 bits per heavy atom. The van der Waals surface area contributed by atoms with Crippen LogP contribution in [0.2, 0.25) is 5.02 Å². The first kappa shape index (κ1) is 15.8. The maximum Gasteiger partial charge on any atom is 0.0922 e. The normalized spacial score (nSPS) is 17.6. The van der Waals surface area contributed by atoms with Crippen LogP contribution in [0.15, 0.2) is 41.1 Å². The number of thiophene rings is 1. The molecule has 22 heavy (non-hydrogen) atoms. The number of hydrogen-bond donors (Lipinski definition) is 2. The van der Waals surface area contributed by atoms with Crippen molar-refractivity contribution in [2.45, 2.75) is 25.0 Å². The molecule has 118 valence electrons. The summed E-state index contributed by atoms with van der Waals surface area (Å²) in [5.41, 5.74) is 2.25. The molecule has 0 spiro atoms. The van der Waals surface area contributed by atoms with E-state index >= 15 is 0 Å². The van der Waals surface area contributed by atoms with Crippen LogP contribution < -0.4 is 10.2 Å². The molecule has 1 aliphatic rings. The van der Waals surface area contributed by atoms with E-state index in [9.17, 15) is 5.11 Å². The molecular weight excluding hydrogens is 316 g/mol. The Hall–Kier alpha value is -1.07. The number of piperidine rings is 1. The second-order valence-electron chi connectivity index (χ2n) is 5.72. The van der Waals surface area contributed by atoms with Crippen molar-refractivity contribution in [1.82, 2.24) is 5.32 Å². The van der Waals surface area contributed by atoms with Crippen molar-refractivity contribution in [1.29, 1.82) is 0 Å². The van der Waals surface area contributed by atoms with E-state index in [-0.39, 0.29) is 0 Å². The molecule has 0 saturated carbocycles. The molecular formula is C17H21ClN2OS. The molecule has 2 N–H and O–H groups in total. The average molecular weight is 337 g/mol. The first-order valence-electron chi connectivity index (χ1n) is 7.66. The second kappa shape index (κ2) is 7.47. The highest BCUT2D eigenvalue weighted by molar-refractivity contribution is 7.07. The number of aliphatic hydroxyl groups excluding tert-OH is 1. The molecule has 1 unspecified atom stereocenters. The summed E-state index contributed by atoms with van der Waals surface area (Å²) in [4.78, 5) is 2.39. The van der Waals surface area contributed by atoms with Crippen LogP contribution in [-0.4, -0.2) is 30.8 Å². The number of halogens is 1. The highest BCUT2D eigenvalue weighted by atomic mass is 35.5. The first-order chi connectivity index (χ1) is 10.7. The maximum atomic E-state index is 10.1. The highest BCUT2D eigenvalue weighted by Crippen LogP contribution is 2.22. The van der Waals surface area contributed by atoms with Crippen molar-refractivity contribution < 1.29 is 5.11 Å². The van der Waals surface area contributed by atoms with Gasteiger partial charge < -0.3 is 15.3 Å². The van der Waals surface area contributed by atoms with Crippen LogP contribution in [0.1, 0.15) is 24.5 Å². The van der Waals surface area contributed by atoms with Crippen LogP contribution >= 0.6 is 22.9 Å². The average Bonchev–Trinajstić information content (AvgIpc) is 3.08. The Morgan fingerprint density at radius 3 is 2.59 bits per heavy atom. The molecule has 1 aromatic carbocycles. The van der Waals surface area contributed by atoms with Gasteiger partial charge in [0, 0.05) is 36.4 Å². The molecule has 1 aliphatic heterocycles. The second-order valence-corrected chi connectivity index (χ2v) is 6.93. The number of anilines is 1. The molecule has 1 atom stereocenters. The van der Waals surface area contributed by atoms with Gasteiger partial charge in [0.2, 0.25) is 0 Å². The zero-order valence-corrected chi connectivity index (χ0v) is 14.0. The van der Waals surface area contributed by atoms with E-state index in [4.69, 9.17) is 11.6 Å². The van der Waals surface area contributed by atoms with Crippen LogP contribution in [0.4, 0.5) is 5.69 Å². The summed E-state index contributed by atoms with van der Waals surface area (Å²) in [7, 11) is 0. The molecule has 0 radical (unpaired) electrons. The Bertz CT molecular complexity index is 565. The van der Waals surface area contributed by atoms with Gasteiger partial charge in [-0.25, -0.2) is 0 Å². The van der Waals surface area contributed by atoms with Gasteiger partial charge in [0.25, 0.3) is 0 Å². The fourth-order valence-corrected chi connectivity index (χ4v) is 3.69. The summed E-state index contributed by atoms with van der Waals surface area (Å²) in [6.45, 7) is 2.70. The lowest BCUT2D eigenvalue weighted by Crippen LogP contribution is -2.43. The monoisotopic (exact) mass is 336 g/mol. The standard InChI is InChI=1S/C17H21ClN2OS/c18-14-1-3-16(4-2-14)20-8-5-15(6-9-20)19-11-17(21)13-7-10-22-12-13/h1-4,7,10,12,15,17,19,21H,5-6,8-9,11H2. The van der Waals surface area contributed by atoms with Gasteiger partial charge in [-0.2, -0.15) is 11.3 Å². The summed E-state index contributed by atoms with van der Waals surface area (Å²) >= 11 is 7.56. The smallest absolute Gasteiger partial charge is 0.0922 e. The molecule has 0 amide bonds. The Morgan fingerprint density at radius 2 is 1.95 bits per heavy atom. The van der Waals surface area contributed by atoms with Crippen LogP contribution in [0, 0.1) is 0 Å².